The van der Waals surface area contributed by atoms with Crippen molar-refractivity contribution >= 4 is 0 Å². The van der Waals surface area contributed by atoms with E-state index >= 15 is 0 Å². The van der Waals surface area contributed by atoms with E-state index in [1.165, 1.54) is 31.4 Å². The quantitative estimate of drug-likeness (QED) is 0.891. The van der Waals surface area contributed by atoms with E-state index in [0.29, 0.717) is 12.0 Å². The molecule has 0 bridgehead atoms. The number of aryl methyl sites for hydroxylation is 2. The molecule has 0 radical (unpaired) electrons. The predicted octanol–water partition coefficient (Wildman–Crippen LogP) is 2.91. The van der Waals surface area contributed by atoms with Crippen LogP contribution in [0.1, 0.15) is 50.9 Å². The van der Waals surface area contributed by atoms with Crippen molar-refractivity contribution in [2.24, 2.45) is 17.6 Å². The maximum atomic E-state index is 6.31. The summed E-state index contributed by atoms with van der Waals surface area (Å²) in [4.78, 5) is 0. The van der Waals surface area contributed by atoms with Crippen LogP contribution in [-0.2, 0) is 13.0 Å². The van der Waals surface area contributed by atoms with Crippen LogP contribution in [-0.4, -0.2) is 15.8 Å². The van der Waals surface area contributed by atoms with Gasteiger partial charge in [0.2, 0.25) is 0 Å². The van der Waals surface area contributed by atoms with Crippen molar-refractivity contribution in [1.29, 1.82) is 0 Å². The summed E-state index contributed by atoms with van der Waals surface area (Å²) in [6, 6.07) is 2.61. The highest BCUT2D eigenvalue weighted by atomic mass is 15.3. The molecule has 0 aliphatic heterocycles. The van der Waals surface area contributed by atoms with Crippen molar-refractivity contribution in [3.63, 3.8) is 0 Å². The number of hydrogen-bond acceptors (Lipinski definition) is 2. The second-order valence-corrected chi connectivity index (χ2v) is 5.81. The van der Waals surface area contributed by atoms with E-state index in [9.17, 15) is 0 Å². The molecule has 3 heteroatoms. The molecule has 0 saturated heterocycles. The van der Waals surface area contributed by atoms with Crippen LogP contribution in [0.15, 0.2) is 6.07 Å². The molecule has 0 amide bonds. The molecule has 3 unspecified atom stereocenters. The lowest BCUT2D eigenvalue weighted by molar-refractivity contribution is 0.224. The number of rotatable bonds is 4. The smallest absolute Gasteiger partial charge is 0.0596 e. The predicted molar refractivity (Wildman–Crippen MR) is 75.4 cm³/mol. The summed E-state index contributed by atoms with van der Waals surface area (Å²) in [5.74, 6) is 1.53. The third kappa shape index (κ3) is 2.94. The second-order valence-electron chi connectivity index (χ2n) is 5.81. The Balaban J connectivity index is 2.06. The van der Waals surface area contributed by atoms with Gasteiger partial charge in [-0.05, 0) is 57.4 Å². The van der Waals surface area contributed by atoms with Crippen molar-refractivity contribution in [1.82, 2.24) is 9.78 Å². The molecule has 1 fully saturated rings. The molecule has 1 heterocycles. The topological polar surface area (TPSA) is 43.8 Å². The summed E-state index contributed by atoms with van der Waals surface area (Å²) in [7, 11) is 0. The summed E-state index contributed by atoms with van der Waals surface area (Å²) in [5.41, 5.74) is 8.81. The molecule has 2 rings (SSSR count). The lowest BCUT2D eigenvalue weighted by atomic mass is 9.75. The maximum absolute atomic E-state index is 6.31. The summed E-state index contributed by atoms with van der Waals surface area (Å²) >= 11 is 0. The van der Waals surface area contributed by atoms with Crippen LogP contribution >= 0.6 is 0 Å². The van der Waals surface area contributed by atoms with Crippen molar-refractivity contribution in [3.05, 3.63) is 17.5 Å². The van der Waals surface area contributed by atoms with E-state index < -0.39 is 0 Å². The zero-order valence-corrected chi connectivity index (χ0v) is 12.0. The minimum atomic E-state index is 0.383. The van der Waals surface area contributed by atoms with Gasteiger partial charge in [-0.15, -0.1) is 0 Å². The number of hydrogen-bond donors (Lipinski definition) is 1. The number of nitrogens with zero attached hydrogens (tertiary/aromatic N) is 2. The first-order valence-corrected chi connectivity index (χ1v) is 7.42. The third-order valence-electron chi connectivity index (χ3n) is 4.48. The first-order chi connectivity index (χ1) is 8.63. The molecule has 1 aromatic rings. The normalized spacial score (nSPS) is 28.6. The van der Waals surface area contributed by atoms with Crippen molar-refractivity contribution < 1.29 is 0 Å². The van der Waals surface area contributed by atoms with Crippen molar-refractivity contribution in [3.8, 4) is 0 Å². The van der Waals surface area contributed by atoms with Gasteiger partial charge >= 0.3 is 0 Å². The molecule has 102 valence electrons. The Hall–Kier alpha value is -0.830. The minimum absolute atomic E-state index is 0.383. The molecule has 0 aromatic carbocycles. The van der Waals surface area contributed by atoms with Gasteiger partial charge in [0.25, 0.3) is 0 Å². The molecule has 18 heavy (non-hydrogen) atoms. The van der Waals surface area contributed by atoms with Crippen LogP contribution in [0.5, 0.6) is 0 Å². The van der Waals surface area contributed by atoms with E-state index in [0.717, 1.165) is 24.6 Å². The van der Waals surface area contributed by atoms with Gasteiger partial charge in [0.1, 0.15) is 0 Å². The molecule has 3 atom stereocenters. The molecule has 3 nitrogen and oxygen atoms in total. The molecule has 0 spiro atoms. The highest BCUT2D eigenvalue weighted by Gasteiger charge is 2.28. The molecular formula is C15H27N3. The summed E-state index contributed by atoms with van der Waals surface area (Å²) < 4.78 is 2.14. The van der Waals surface area contributed by atoms with Gasteiger partial charge in [-0.25, -0.2) is 0 Å². The van der Waals surface area contributed by atoms with Gasteiger partial charge < -0.3 is 5.73 Å². The monoisotopic (exact) mass is 249 g/mol. The van der Waals surface area contributed by atoms with Gasteiger partial charge in [0.15, 0.2) is 0 Å². The van der Waals surface area contributed by atoms with Crippen LogP contribution in [0.2, 0.25) is 0 Å². The van der Waals surface area contributed by atoms with Crippen LogP contribution in [0.3, 0.4) is 0 Å². The summed E-state index contributed by atoms with van der Waals surface area (Å²) in [6.45, 7) is 7.50. The fourth-order valence-electron chi connectivity index (χ4n) is 3.30. The fourth-order valence-corrected chi connectivity index (χ4v) is 3.30. The van der Waals surface area contributed by atoms with Crippen molar-refractivity contribution in [2.45, 2.75) is 65.5 Å². The molecule has 1 aliphatic carbocycles. The van der Waals surface area contributed by atoms with E-state index in [1.54, 1.807) is 0 Å². The highest BCUT2D eigenvalue weighted by Crippen LogP contribution is 2.32. The molecule has 2 N–H and O–H groups in total. The molecule has 1 aromatic heterocycles. The Bertz CT molecular complexity index is 383. The van der Waals surface area contributed by atoms with Gasteiger partial charge in [0.05, 0.1) is 5.69 Å². The Kier molecular flexibility index (Phi) is 4.44. The van der Waals surface area contributed by atoms with Gasteiger partial charge in [-0.1, -0.05) is 13.3 Å². The van der Waals surface area contributed by atoms with E-state index in [1.807, 2.05) is 0 Å². The Morgan fingerprint density at radius 3 is 2.83 bits per heavy atom. The maximum Gasteiger partial charge on any atom is 0.0596 e. The lowest BCUT2D eigenvalue weighted by Crippen LogP contribution is -2.37. The van der Waals surface area contributed by atoms with E-state index in [4.69, 9.17) is 5.73 Å². The summed E-state index contributed by atoms with van der Waals surface area (Å²) in [5, 5.41) is 4.53. The van der Waals surface area contributed by atoms with Gasteiger partial charge in [0, 0.05) is 18.3 Å². The Morgan fingerprint density at radius 2 is 2.17 bits per heavy atom. The van der Waals surface area contributed by atoms with Gasteiger partial charge in [-0.2, -0.15) is 5.10 Å². The summed E-state index contributed by atoms with van der Waals surface area (Å²) in [6.07, 6.45) is 6.22. The van der Waals surface area contributed by atoms with Crippen LogP contribution in [0, 0.1) is 18.8 Å². The number of aromatic nitrogens is 2. The van der Waals surface area contributed by atoms with E-state index in [2.05, 4.69) is 36.6 Å². The fraction of sp³-hybridized carbons (Fsp3) is 0.800. The van der Waals surface area contributed by atoms with Crippen LogP contribution in [0.25, 0.3) is 0 Å². The van der Waals surface area contributed by atoms with Crippen molar-refractivity contribution in [2.75, 3.05) is 0 Å². The zero-order chi connectivity index (χ0) is 13.1. The van der Waals surface area contributed by atoms with Crippen LogP contribution in [0.4, 0.5) is 0 Å². The molecular weight excluding hydrogens is 222 g/mol. The Morgan fingerprint density at radius 1 is 1.39 bits per heavy atom. The Labute approximate surface area is 111 Å². The average Bonchev–Trinajstić information content (AvgIpc) is 2.72. The largest absolute Gasteiger partial charge is 0.327 e. The third-order valence-corrected chi connectivity index (χ3v) is 4.48. The van der Waals surface area contributed by atoms with E-state index in [-0.39, 0.29) is 0 Å². The standard InChI is InChI=1S/C15H27N3/c1-4-12-6-7-15(16)13(9-12)10-14-8-11(3)17-18(14)5-2/h8,12-13,15H,4-7,9-10,16H2,1-3H3. The zero-order valence-electron chi connectivity index (χ0n) is 12.0. The molecule has 1 saturated carbocycles. The average molecular weight is 249 g/mol. The highest BCUT2D eigenvalue weighted by molar-refractivity contribution is 5.10. The first-order valence-electron chi connectivity index (χ1n) is 7.42. The number of nitrogens with two attached hydrogens (primary N) is 1. The van der Waals surface area contributed by atoms with Gasteiger partial charge in [-0.3, -0.25) is 4.68 Å². The first kappa shape index (κ1) is 13.6. The van der Waals surface area contributed by atoms with Crippen LogP contribution < -0.4 is 5.73 Å². The SMILES string of the molecule is CCC1CCC(N)C(Cc2cc(C)nn2CC)C1. The minimum Gasteiger partial charge on any atom is -0.327 e. The lowest BCUT2D eigenvalue weighted by Gasteiger charge is -2.33. The second kappa shape index (κ2) is 5.87. The molecule has 1 aliphatic rings.